The first-order valence-electron chi connectivity index (χ1n) is 7.86. The Bertz CT molecular complexity index is 517. The number of amides is 1. The molecule has 1 aromatic carbocycles. The zero-order chi connectivity index (χ0) is 16.1. The Morgan fingerprint density at radius 2 is 2.27 bits per heavy atom. The van der Waals surface area contributed by atoms with Crippen LogP contribution in [0.15, 0.2) is 18.2 Å². The molecule has 22 heavy (non-hydrogen) atoms. The van der Waals surface area contributed by atoms with Crippen LogP contribution < -0.4 is 15.4 Å². The van der Waals surface area contributed by atoms with E-state index in [1.165, 1.54) is 0 Å². The number of morpholine rings is 1. The van der Waals surface area contributed by atoms with E-state index in [0.29, 0.717) is 19.7 Å². The van der Waals surface area contributed by atoms with Crippen LogP contribution in [0.25, 0.3) is 0 Å². The first-order valence-corrected chi connectivity index (χ1v) is 7.86. The zero-order valence-electron chi connectivity index (χ0n) is 13.8. The zero-order valence-corrected chi connectivity index (χ0v) is 13.8. The minimum atomic E-state index is -0.298. The SMILES string of the molecule is Cc1ccc(CNC(=O)[C@H]2NCCO[C@@H]2C)c(OC(C)C)c1. The van der Waals surface area contributed by atoms with Gasteiger partial charge in [-0.25, -0.2) is 0 Å². The lowest BCUT2D eigenvalue weighted by molar-refractivity contribution is -0.129. The van der Waals surface area contributed by atoms with Gasteiger partial charge in [-0.15, -0.1) is 0 Å². The van der Waals surface area contributed by atoms with Crippen molar-refractivity contribution in [2.75, 3.05) is 13.2 Å². The Balaban J connectivity index is 2.00. The van der Waals surface area contributed by atoms with Gasteiger partial charge in [-0.2, -0.15) is 0 Å². The fraction of sp³-hybridized carbons (Fsp3) is 0.588. The largest absolute Gasteiger partial charge is 0.491 e. The molecule has 0 radical (unpaired) electrons. The molecule has 5 nitrogen and oxygen atoms in total. The molecular weight excluding hydrogens is 280 g/mol. The van der Waals surface area contributed by atoms with E-state index in [9.17, 15) is 4.79 Å². The summed E-state index contributed by atoms with van der Waals surface area (Å²) in [7, 11) is 0. The number of rotatable bonds is 5. The van der Waals surface area contributed by atoms with Gasteiger partial charge in [-0.3, -0.25) is 4.79 Å². The maximum Gasteiger partial charge on any atom is 0.240 e. The number of hydrogen-bond donors (Lipinski definition) is 2. The van der Waals surface area contributed by atoms with Gasteiger partial charge in [-0.1, -0.05) is 12.1 Å². The molecule has 1 saturated heterocycles. The normalized spacial score (nSPS) is 21.7. The quantitative estimate of drug-likeness (QED) is 0.870. The van der Waals surface area contributed by atoms with Crippen LogP contribution in [-0.2, 0) is 16.1 Å². The van der Waals surface area contributed by atoms with Crippen molar-refractivity contribution in [3.05, 3.63) is 29.3 Å². The highest BCUT2D eigenvalue weighted by Gasteiger charge is 2.28. The predicted octanol–water partition coefficient (Wildman–Crippen LogP) is 1.78. The molecule has 1 fully saturated rings. The van der Waals surface area contributed by atoms with E-state index in [-0.39, 0.29) is 24.2 Å². The Morgan fingerprint density at radius 3 is 2.95 bits per heavy atom. The lowest BCUT2D eigenvalue weighted by Crippen LogP contribution is -2.55. The van der Waals surface area contributed by atoms with E-state index in [0.717, 1.165) is 16.9 Å². The summed E-state index contributed by atoms with van der Waals surface area (Å²) in [5.74, 6) is 0.791. The average molecular weight is 306 g/mol. The van der Waals surface area contributed by atoms with Crippen LogP contribution in [-0.4, -0.2) is 37.3 Å². The van der Waals surface area contributed by atoms with Crippen LogP contribution in [0.2, 0.25) is 0 Å². The van der Waals surface area contributed by atoms with Crippen molar-refractivity contribution in [1.82, 2.24) is 10.6 Å². The maximum atomic E-state index is 12.3. The van der Waals surface area contributed by atoms with Gasteiger partial charge in [0, 0.05) is 18.7 Å². The van der Waals surface area contributed by atoms with Gasteiger partial charge in [0.2, 0.25) is 5.91 Å². The molecular formula is C17H26N2O3. The molecule has 0 bridgehead atoms. The number of carbonyl (C=O) groups is 1. The third kappa shape index (κ3) is 4.45. The molecule has 0 aliphatic carbocycles. The number of hydrogen-bond acceptors (Lipinski definition) is 4. The Hall–Kier alpha value is -1.59. The minimum absolute atomic E-state index is 0.0386. The second-order valence-electron chi connectivity index (χ2n) is 6.00. The third-order valence-corrected chi connectivity index (χ3v) is 3.64. The molecule has 1 aliphatic rings. The minimum Gasteiger partial charge on any atom is -0.491 e. The highest BCUT2D eigenvalue weighted by molar-refractivity contribution is 5.82. The van der Waals surface area contributed by atoms with Gasteiger partial charge in [0.1, 0.15) is 11.8 Å². The van der Waals surface area contributed by atoms with Gasteiger partial charge < -0.3 is 20.1 Å². The maximum absolute atomic E-state index is 12.3. The summed E-state index contributed by atoms with van der Waals surface area (Å²) < 4.78 is 11.3. The summed E-state index contributed by atoms with van der Waals surface area (Å²) in [5.41, 5.74) is 2.12. The van der Waals surface area contributed by atoms with Crippen molar-refractivity contribution in [2.24, 2.45) is 0 Å². The first kappa shape index (κ1) is 16.8. The van der Waals surface area contributed by atoms with Crippen molar-refractivity contribution in [3.63, 3.8) is 0 Å². The second kappa shape index (κ2) is 7.61. The molecule has 0 aromatic heterocycles. The van der Waals surface area contributed by atoms with E-state index < -0.39 is 0 Å². The lowest BCUT2D eigenvalue weighted by Gasteiger charge is -2.29. The van der Waals surface area contributed by atoms with E-state index in [1.807, 2.05) is 45.9 Å². The number of benzene rings is 1. The fourth-order valence-electron chi connectivity index (χ4n) is 2.49. The molecule has 1 amide bonds. The second-order valence-corrected chi connectivity index (χ2v) is 6.00. The summed E-state index contributed by atoms with van der Waals surface area (Å²) in [5, 5.41) is 6.16. The molecule has 122 valence electrons. The molecule has 2 N–H and O–H groups in total. The molecule has 1 aliphatic heterocycles. The summed E-state index contributed by atoms with van der Waals surface area (Å²) >= 11 is 0. The van der Waals surface area contributed by atoms with Crippen LogP contribution in [0, 0.1) is 6.92 Å². The standard InChI is InChI=1S/C17H26N2O3/c1-11(2)22-15-9-12(3)5-6-14(15)10-19-17(20)16-13(4)21-8-7-18-16/h5-6,9,11,13,16,18H,7-8,10H2,1-4H3,(H,19,20)/t13-,16+/m1/s1. The Morgan fingerprint density at radius 1 is 1.50 bits per heavy atom. The third-order valence-electron chi connectivity index (χ3n) is 3.64. The van der Waals surface area contributed by atoms with Crippen molar-refractivity contribution >= 4 is 5.91 Å². The Labute approximate surface area is 132 Å². The summed E-state index contributed by atoms with van der Waals surface area (Å²) in [6, 6.07) is 5.74. The predicted molar refractivity (Wildman–Crippen MR) is 86.0 cm³/mol. The summed E-state index contributed by atoms with van der Waals surface area (Å²) in [4.78, 5) is 12.3. The molecule has 5 heteroatoms. The van der Waals surface area contributed by atoms with Crippen LogP contribution in [0.3, 0.4) is 0 Å². The number of ether oxygens (including phenoxy) is 2. The van der Waals surface area contributed by atoms with Crippen LogP contribution >= 0.6 is 0 Å². The van der Waals surface area contributed by atoms with Gasteiger partial charge in [0.15, 0.2) is 0 Å². The monoisotopic (exact) mass is 306 g/mol. The fourth-order valence-corrected chi connectivity index (χ4v) is 2.49. The molecule has 1 aromatic rings. The number of nitrogens with one attached hydrogen (secondary N) is 2. The molecule has 2 rings (SSSR count). The van der Waals surface area contributed by atoms with E-state index in [4.69, 9.17) is 9.47 Å². The smallest absolute Gasteiger partial charge is 0.240 e. The lowest BCUT2D eigenvalue weighted by atomic mass is 10.1. The van der Waals surface area contributed by atoms with Gasteiger partial charge in [0.05, 0.1) is 18.8 Å². The van der Waals surface area contributed by atoms with Crippen molar-refractivity contribution < 1.29 is 14.3 Å². The van der Waals surface area contributed by atoms with Crippen LogP contribution in [0.4, 0.5) is 0 Å². The van der Waals surface area contributed by atoms with Crippen LogP contribution in [0.1, 0.15) is 31.9 Å². The van der Waals surface area contributed by atoms with Crippen LogP contribution in [0.5, 0.6) is 5.75 Å². The molecule has 1 heterocycles. The van der Waals surface area contributed by atoms with Crippen molar-refractivity contribution in [2.45, 2.75) is 52.5 Å². The summed E-state index contributed by atoms with van der Waals surface area (Å²) in [6.07, 6.45) is -0.0113. The van der Waals surface area contributed by atoms with Gasteiger partial charge in [0.25, 0.3) is 0 Å². The van der Waals surface area contributed by atoms with E-state index in [1.54, 1.807) is 0 Å². The van der Waals surface area contributed by atoms with E-state index in [2.05, 4.69) is 10.6 Å². The van der Waals surface area contributed by atoms with Crippen molar-refractivity contribution in [1.29, 1.82) is 0 Å². The van der Waals surface area contributed by atoms with E-state index >= 15 is 0 Å². The summed E-state index contributed by atoms with van der Waals surface area (Å²) in [6.45, 7) is 9.73. The van der Waals surface area contributed by atoms with Gasteiger partial charge >= 0.3 is 0 Å². The molecule has 2 atom stereocenters. The van der Waals surface area contributed by atoms with Gasteiger partial charge in [-0.05, 0) is 39.3 Å². The highest BCUT2D eigenvalue weighted by Crippen LogP contribution is 2.21. The highest BCUT2D eigenvalue weighted by atomic mass is 16.5. The average Bonchev–Trinajstić information content (AvgIpc) is 2.46. The molecule has 0 saturated carbocycles. The number of aryl methyl sites for hydroxylation is 1. The topological polar surface area (TPSA) is 59.6 Å². The molecule has 0 unspecified atom stereocenters. The van der Waals surface area contributed by atoms with Crippen molar-refractivity contribution in [3.8, 4) is 5.75 Å². The Kier molecular flexibility index (Phi) is 5.80. The first-order chi connectivity index (χ1) is 10.5. The number of carbonyl (C=O) groups excluding carboxylic acids is 1. The molecule has 0 spiro atoms.